The highest BCUT2D eigenvalue weighted by molar-refractivity contribution is 5.69. The minimum Gasteiger partial charge on any atom is -0.0911 e. The summed E-state index contributed by atoms with van der Waals surface area (Å²) < 4.78 is 0. The van der Waals surface area contributed by atoms with E-state index in [1.165, 1.54) is 41.6 Å². The molecular formula is C18H18. The first kappa shape index (κ1) is 10.4. The van der Waals surface area contributed by atoms with Crippen LogP contribution in [0, 0.1) is 17.8 Å². The van der Waals surface area contributed by atoms with E-state index in [2.05, 4.69) is 43.5 Å². The van der Waals surface area contributed by atoms with Crippen LogP contribution in [0.5, 0.6) is 0 Å². The van der Waals surface area contributed by atoms with Gasteiger partial charge in [-0.2, -0.15) is 0 Å². The van der Waals surface area contributed by atoms with Crippen LogP contribution in [0.1, 0.15) is 19.3 Å². The highest BCUT2D eigenvalue weighted by atomic mass is 14.5. The predicted molar refractivity (Wildman–Crippen MR) is 76.0 cm³/mol. The Bertz CT molecular complexity index is 577. The van der Waals surface area contributed by atoms with Gasteiger partial charge in [-0.3, -0.25) is 0 Å². The molecule has 0 nitrogen and oxygen atoms in total. The van der Waals surface area contributed by atoms with E-state index in [1.807, 2.05) is 0 Å². The number of allylic oxidation sites excluding steroid dienone is 10. The summed E-state index contributed by atoms with van der Waals surface area (Å²) in [7, 11) is 0. The van der Waals surface area contributed by atoms with Crippen molar-refractivity contribution >= 4 is 0 Å². The molecule has 2 fully saturated rings. The highest BCUT2D eigenvalue weighted by Crippen LogP contribution is 2.58. The van der Waals surface area contributed by atoms with E-state index in [-0.39, 0.29) is 0 Å². The number of rotatable bonds is 2. The van der Waals surface area contributed by atoms with E-state index >= 15 is 0 Å². The molecule has 90 valence electrons. The summed E-state index contributed by atoms with van der Waals surface area (Å²) in [5.74, 6) is 2.85. The maximum Gasteiger partial charge on any atom is -0.0109 e. The first-order chi connectivity index (χ1) is 8.74. The second-order valence-electron chi connectivity index (χ2n) is 6.04. The lowest BCUT2D eigenvalue weighted by Gasteiger charge is -2.53. The van der Waals surface area contributed by atoms with Gasteiger partial charge in [-0.1, -0.05) is 43.5 Å². The summed E-state index contributed by atoms with van der Waals surface area (Å²) in [6.07, 6.45) is 15.3. The molecule has 2 saturated carbocycles. The molecule has 0 aliphatic heterocycles. The molecule has 0 heterocycles. The van der Waals surface area contributed by atoms with Crippen molar-refractivity contribution in [1.29, 1.82) is 0 Å². The lowest BCUT2D eigenvalue weighted by Crippen LogP contribution is -2.44. The van der Waals surface area contributed by atoms with Gasteiger partial charge < -0.3 is 0 Å². The number of hydrogen-bond acceptors (Lipinski definition) is 0. The molecule has 0 aromatic carbocycles. The fourth-order valence-electron chi connectivity index (χ4n) is 3.87. The first-order valence-corrected chi connectivity index (χ1v) is 6.94. The largest absolute Gasteiger partial charge is 0.0911 e. The molecular weight excluding hydrogens is 216 g/mol. The second kappa shape index (κ2) is 3.47. The van der Waals surface area contributed by atoms with Crippen LogP contribution in [-0.4, -0.2) is 0 Å². The molecule has 4 aliphatic carbocycles. The van der Waals surface area contributed by atoms with Crippen LogP contribution in [0.3, 0.4) is 0 Å². The molecule has 0 amide bonds. The number of hydrogen-bond donors (Lipinski definition) is 0. The Kier molecular flexibility index (Phi) is 2.00. The minimum atomic E-state index is 0.821. The number of fused-ring (bicyclic) bond motifs is 1. The zero-order valence-corrected chi connectivity index (χ0v) is 10.7. The normalized spacial score (nSPS) is 36.7. The van der Waals surface area contributed by atoms with Gasteiger partial charge in [0.25, 0.3) is 0 Å². The van der Waals surface area contributed by atoms with Crippen LogP contribution in [-0.2, 0) is 0 Å². The average Bonchev–Trinajstić information content (AvgIpc) is 2.88. The Morgan fingerprint density at radius 3 is 2.44 bits per heavy atom. The zero-order chi connectivity index (χ0) is 12.3. The summed E-state index contributed by atoms with van der Waals surface area (Å²) in [5, 5.41) is 0. The fraction of sp³-hybridized carbons (Fsp3) is 0.333. The third-order valence-corrected chi connectivity index (χ3v) is 5.17. The Hall–Kier alpha value is -1.56. The molecule has 0 radical (unpaired) electrons. The Morgan fingerprint density at radius 1 is 1.00 bits per heavy atom. The van der Waals surface area contributed by atoms with E-state index in [0.717, 1.165) is 23.3 Å². The molecule has 0 aromatic rings. The van der Waals surface area contributed by atoms with Gasteiger partial charge in [0, 0.05) is 0 Å². The SMILES string of the molecule is C=C1C=CC=C1C1=CC(C2CC3CCC32)=CC1=C. The molecule has 3 atom stereocenters. The molecule has 4 rings (SSSR count). The van der Waals surface area contributed by atoms with Crippen molar-refractivity contribution in [3.05, 3.63) is 71.4 Å². The molecule has 0 spiro atoms. The van der Waals surface area contributed by atoms with Crippen molar-refractivity contribution in [2.45, 2.75) is 19.3 Å². The molecule has 0 bridgehead atoms. The van der Waals surface area contributed by atoms with Crippen LogP contribution < -0.4 is 0 Å². The van der Waals surface area contributed by atoms with E-state index in [9.17, 15) is 0 Å². The Morgan fingerprint density at radius 2 is 1.89 bits per heavy atom. The maximum atomic E-state index is 4.21. The van der Waals surface area contributed by atoms with Gasteiger partial charge in [-0.15, -0.1) is 0 Å². The third-order valence-electron chi connectivity index (χ3n) is 5.17. The van der Waals surface area contributed by atoms with Crippen molar-refractivity contribution in [1.82, 2.24) is 0 Å². The van der Waals surface area contributed by atoms with E-state index < -0.39 is 0 Å². The van der Waals surface area contributed by atoms with Crippen LogP contribution in [0.25, 0.3) is 0 Å². The third kappa shape index (κ3) is 1.26. The standard InChI is InChI=1S/C18H18/c1-11-4-3-5-15(11)17-10-14(8-12(17)2)18-9-13-6-7-16(13)18/h3-5,8,10,13,16,18H,1-2,6-7,9H2. The molecule has 4 aliphatic rings. The fourth-order valence-corrected chi connectivity index (χ4v) is 3.87. The van der Waals surface area contributed by atoms with E-state index in [4.69, 9.17) is 0 Å². The summed E-state index contributed by atoms with van der Waals surface area (Å²) in [6, 6.07) is 0. The lowest BCUT2D eigenvalue weighted by molar-refractivity contribution is -0.00161. The van der Waals surface area contributed by atoms with Crippen molar-refractivity contribution in [2.75, 3.05) is 0 Å². The topological polar surface area (TPSA) is 0 Å². The van der Waals surface area contributed by atoms with Crippen LogP contribution >= 0.6 is 0 Å². The van der Waals surface area contributed by atoms with Gasteiger partial charge >= 0.3 is 0 Å². The van der Waals surface area contributed by atoms with E-state index in [1.54, 1.807) is 0 Å². The lowest BCUT2D eigenvalue weighted by atomic mass is 9.51. The molecule has 0 saturated heterocycles. The average molecular weight is 234 g/mol. The van der Waals surface area contributed by atoms with Gasteiger partial charge in [-0.25, -0.2) is 0 Å². The summed E-state index contributed by atoms with van der Waals surface area (Å²) in [5.41, 5.74) is 6.37. The highest BCUT2D eigenvalue weighted by Gasteiger charge is 2.48. The molecule has 0 N–H and O–H groups in total. The summed E-state index contributed by atoms with van der Waals surface area (Å²) in [6.45, 7) is 8.31. The van der Waals surface area contributed by atoms with Crippen molar-refractivity contribution in [3.63, 3.8) is 0 Å². The molecule has 3 unspecified atom stereocenters. The van der Waals surface area contributed by atoms with Gasteiger partial charge in [0.15, 0.2) is 0 Å². The first-order valence-electron chi connectivity index (χ1n) is 6.94. The van der Waals surface area contributed by atoms with Gasteiger partial charge in [0.1, 0.15) is 0 Å². The van der Waals surface area contributed by atoms with Crippen LogP contribution in [0.15, 0.2) is 71.4 Å². The summed E-state index contributed by atoms with van der Waals surface area (Å²) in [4.78, 5) is 0. The maximum absolute atomic E-state index is 4.21. The van der Waals surface area contributed by atoms with Crippen molar-refractivity contribution in [3.8, 4) is 0 Å². The zero-order valence-electron chi connectivity index (χ0n) is 10.7. The van der Waals surface area contributed by atoms with Gasteiger partial charge in [0.05, 0.1) is 0 Å². The van der Waals surface area contributed by atoms with Crippen LogP contribution in [0.4, 0.5) is 0 Å². The van der Waals surface area contributed by atoms with Crippen LogP contribution in [0.2, 0.25) is 0 Å². The predicted octanol–water partition coefficient (Wildman–Crippen LogP) is 4.51. The Labute approximate surface area is 109 Å². The summed E-state index contributed by atoms with van der Waals surface area (Å²) >= 11 is 0. The second-order valence-corrected chi connectivity index (χ2v) is 6.04. The van der Waals surface area contributed by atoms with Gasteiger partial charge in [0.2, 0.25) is 0 Å². The Balaban J connectivity index is 1.60. The molecule has 0 heteroatoms. The van der Waals surface area contributed by atoms with Crippen molar-refractivity contribution in [2.24, 2.45) is 17.8 Å². The smallest absolute Gasteiger partial charge is 0.0109 e. The van der Waals surface area contributed by atoms with Crippen molar-refractivity contribution < 1.29 is 0 Å². The molecule has 0 aromatic heterocycles. The van der Waals surface area contributed by atoms with Gasteiger partial charge in [-0.05, 0) is 64.9 Å². The monoisotopic (exact) mass is 234 g/mol. The quantitative estimate of drug-likeness (QED) is 0.659. The minimum absolute atomic E-state index is 0.821. The molecule has 18 heavy (non-hydrogen) atoms. The van der Waals surface area contributed by atoms with E-state index in [0.29, 0.717) is 0 Å².